The van der Waals surface area contributed by atoms with Crippen molar-refractivity contribution < 1.29 is 23.9 Å². The third-order valence-electron chi connectivity index (χ3n) is 4.89. The van der Waals surface area contributed by atoms with E-state index in [1.807, 2.05) is 19.1 Å². The fourth-order valence-electron chi connectivity index (χ4n) is 3.22. The summed E-state index contributed by atoms with van der Waals surface area (Å²) in [4.78, 5) is 27.0. The fourth-order valence-corrected chi connectivity index (χ4v) is 3.60. The lowest BCUT2D eigenvalue weighted by Gasteiger charge is -2.13. The summed E-state index contributed by atoms with van der Waals surface area (Å²) in [5.74, 6) is 0.342. The number of ether oxygens (including phenoxy) is 3. The van der Waals surface area contributed by atoms with Gasteiger partial charge in [-0.25, -0.2) is 9.79 Å². The quantitative estimate of drug-likeness (QED) is 0.153. The van der Waals surface area contributed by atoms with Crippen molar-refractivity contribution in [2.45, 2.75) is 13.5 Å². The highest BCUT2D eigenvalue weighted by Gasteiger charge is 2.26. The minimum absolute atomic E-state index is 0.0332. The second-order valence-corrected chi connectivity index (χ2v) is 8.16. The minimum atomic E-state index is -0.671. The van der Waals surface area contributed by atoms with Crippen molar-refractivity contribution in [2.75, 3.05) is 6.61 Å². The van der Waals surface area contributed by atoms with Gasteiger partial charge in [0.25, 0.3) is 5.69 Å². The molecule has 3 aromatic rings. The monoisotopic (exact) mass is 512 g/mol. The van der Waals surface area contributed by atoms with E-state index >= 15 is 0 Å². The van der Waals surface area contributed by atoms with Gasteiger partial charge in [-0.2, -0.15) is 0 Å². The first-order valence-corrected chi connectivity index (χ1v) is 11.2. The molecule has 0 radical (unpaired) electrons. The molecule has 8 nitrogen and oxygen atoms in total. The number of rotatable bonds is 8. The zero-order chi connectivity index (χ0) is 24.9. The summed E-state index contributed by atoms with van der Waals surface area (Å²) in [7, 11) is 0. The summed E-state index contributed by atoms with van der Waals surface area (Å²) in [6.45, 7) is 2.60. The van der Waals surface area contributed by atoms with Crippen LogP contribution in [0.25, 0.3) is 6.08 Å². The van der Waals surface area contributed by atoms with E-state index in [9.17, 15) is 14.9 Å². The average Bonchev–Trinajstić information content (AvgIpc) is 3.19. The molecule has 10 heteroatoms. The Morgan fingerprint density at radius 2 is 1.80 bits per heavy atom. The molecule has 0 fully saturated rings. The number of nitrogens with zero attached hydrogens (tertiary/aromatic N) is 2. The van der Waals surface area contributed by atoms with Gasteiger partial charge in [-0.15, -0.1) is 0 Å². The predicted molar refractivity (Wildman–Crippen MR) is 132 cm³/mol. The number of non-ortho nitro benzene ring substituents is 1. The van der Waals surface area contributed by atoms with E-state index in [1.54, 1.807) is 36.4 Å². The number of carbonyl (C=O) groups excluding carboxylic acids is 1. The molecule has 0 atom stereocenters. The molecule has 0 aliphatic carbocycles. The molecule has 0 saturated carbocycles. The van der Waals surface area contributed by atoms with Gasteiger partial charge in [0.2, 0.25) is 5.90 Å². The van der Waals surface area contributed by atoms with E-state index in [0.717, 1.165) is 5.56 Å². The lowest BCUT2D eigenvalue weighted by atomic mass is 10.1. The van der Waals surface area contributed by atoms with Crippen molar-refractivity contribution in [3.05, 3.63) is 103 Å². The Hall–Kier alpha value is -3.88. The molecule has 0 saturated heterocycles. The lowest BCUT2D eigenvalue weighted by molar-refractivity contribution is -0.384. The topological polar surface area (TPSA) is 100 Å². The van der Waals surface area contributed by atoms with Crippen LogP contribution in [0.5, 0.6) is 11.5 Å². The minimum Gasteiger partial charge on any atom is -0.490 e. The molecule has 0 N–H and O–H groups in total. The molecule has 0 amide bonds. The number of benzene rings is 3. The highest BCUT2D eigenvalue weighted by molar-refractivity contribution is 6.34. The molecule has 1 heterocycles. The second kappa shape index (κ2) is 10.6. The number of carbonyl (C=O) groups is 1. The van der Waals surface area contributed by atoms with Gasteiger partial charge in [-0.3, -0.25) is 10.1 Å². The third-order valence-corrected chi connectivity index (χ3v) is 5.46. The number of hydrogen-bond donors (Lipinski definition) is 0. The number of aliphatic imine (C=N–C) groups is 1. The van der Waals surface area contributed by atoms with Crippen LogP contribution in [0, 0.1) is 10.1 Å². The fraction of sp³-hybridized carbons (Fsp3) is 0.120. The molecule has 35 heavy (non-hydrogen) atoms. The van der Waals surface area contributed by atoms with E-state index in [4.69, 9.17) is 37.4 Å². The molecule has 1 aliphatic heterocycles. The SMILES string of the molecule is CCOc1cc(/C=C2\N=C(c3ccc([N+](=O)[O-])cc3Cl)OC2=O)ccc1OCc1ccc(Cl)cc1. The van der Waals surface area contributed by atoms with Gasteiger partial charge in [0.05, 0.1) is 22.1 Å². The molecule has 4 rings (SSSR count). The molecule has 1 aliphatic rings. The Labute approximate surface area is 210 Å². The molecule has 0 unspecified atom stereocenters. The van der Waals surface area contributed by atoms with E-state index < -0.39 is 10.9 Å². The molecule has 178 valence electrons. The predicted octanol–water partition coefficient (Wildman–Crippen LogP) is 6.22. The first-order valence-electron chi connectivity index (χ1n) is 10.4. The number of esters is 1. The zero-order valence-electron chi connectivity index (χ0n) is 18.4. The van der Waals surface area contributed by atoms with Crippen LogP contribution in [0.1, 0.15) is 23.6 Å². The number of cyclic esters (lactones) is 1. The maximum absolute atomic E-state index is 12.4. The summed E-state index contributed by atoms with van der Waals surface area (Å²) in [5.41, 5.74) is 1.73. The highest BCUT2D eigenvalue weighted by atomic mass is 35.5. The summed E-state index contributed by atoms with van der Waals surface area (Å²) in [6, 6.07) is 16.4. The van der Waals surface area contributed by atoms with Crippen LogP contribution in [-0.2, 0) is 16.1 Å². The third kappa shape index (κ3) is 5.79. The number of nitro groups is 1. The smallest absolute Gasteiger partial charge is 0.363 e. The van der Waals surface area contributed by atoms with Crippen molar-refractivity contribution in [1.29, 1.82) is 0 Å². The van der Waals surface area contributed by atoms with Crippen LogP contribution in [-0.4, -0.2) is 23.4 Å². The van der Waals surface area contributed by atoms with E-state index in [0.29, 0.717) is 35.3 Å². The molecule has 0 spiro atoms. The Morgan fingerprint density at radius 3 is 2.49 bits per heavy atom. The largest absolute Gasteiger partial charge is 0.490 e. The van der Waals surface area contributed by atoms with Gasteiger partial charge in [0.1, 0.15) is 6.61 Å². The van der Waals surface area contributed by atoms with Crippen LogP contribution in [0.3, 0.4) is 0 Å². The van der Waals surface area contributed by atoms with Crippen molar-refractivity contribution in [2.24, 2.45) is 4.99 Å². The van der Waals surface area contributed by atoms with E-state index in [-0.39, 0.29) is 27.9 Å². The Morgan fingerprint density at radius 1 is 1.03 bits per heavy atom. The summed E-state index contributed by atoms with van der Waals surface area (Å²) < 4.78 is 16.9. The Bertz CT molecular complexity index is 1350. The maximum Gasteiger partial charge on any atom is 0.363 e. The first-order chi connectivity index (χ1) is 16.8. The maximum atomic E-state index is 12.4. The van der Waals surface area contributed by atoms with E-state index in [1.165, 1.54) is 18.2 Å². The van der Waals surface area contributed by atoms with Crippen LogP contribution >= 0.6 is 23.2 Å². The standard InChI is InChI=1S/C25H18Cl2N2O6/c1-2-33-23-12-16(5-10-22(23)34-14-15-3-6-17(26)7-4-15)11-21-25(30)35-24(28-21)19-9-8-18(29(31)32)13-20(19)27/h3-13H,2,14H2,1H3/b21-11-. The van der Waals surface area contributed by atoms with Crippen LogP contribution in [0.15, 0.2) is 71.4 Å². The molecule has 0 aromatic heterocycles. The average molecular weight is 513 g/mol. The molecular weight excluding hydrogens is 495 g/mol. The second-order valence-electron chi connectivity index (χ2n) is 7.31. The van der Waals surface area contributed by atoms with Crippen molar-refractivity contribution in [3.63, 3.8) is 0 Å². The van der Waals surface area contributed by atoms with E-state index in [2.05, 4.69) is 4.99 Å². The molecule has 0 bridgehead atoms. The van der Waals surface area contributed by atoms with Gasteiger partial charge in [-0.1, -0.05) is 41.4 Å². The molecular formula is C25H18Cl2N2O6. The van der Waals surface area contributed by atoms with Crippen molar-refractivity contribution in [1.82, 2.24) is 0 Å². The van der Waals surface area contributed by atoms with Gasteiger partial charge < -0.3 is 14.2 Å². The number of hydrogen-bond acceptors (Lipinski definition) is 7. The van der Waals surface area contributed by atoms with Gasteiger partial charge in [0, 0.05) is 17.2 Å². The lowest BCUT2D eigenvalue weighted by Crippen LogP contribution is -2.06. The van der Waals surface area contributed by atoms with Crippen molar-refractivity contribution in [3.8, 4) is 11.5 Å². The summed E-state index contributed by atoms with van der Waals surface area (Å²) >= 11 is 12.1. The number of halogens is 2. The van der Waals surface area contributed by atoms with Gasteiger partial charge >= 0.3 is 5.97 Å². The Kier molecular flexibility index (Phi) is 7.33. The van der Waals surface area contributed by atoms with Crippen LogP contribution < -0.4 is 9.47 Å². The van der Waals surface area contributed by atoms with Crippen LogP contribution in [0.2, 0.25) is 10.0 Å². The van der Waals surface area contributed by atoms with Crippen LogP contribution in [0.4, 0.5) is 5.69 Å². The van der Waals surface area contributed by atoms with Crippen molar-refractivity contribution >= 4 is 46.8 Å². The summed E-state index contributed by atoms with van der Waals surface area (Å²) in [6.07, 6.45) is 1.54. The summed E-state index contributed by atoms with van der Waals surface area (Å²) in [5, 5.41) is 11.6. The number of nitro benzene ring substituents is 1. The zero-order valence-corrected chi connectivity index (χ0v) is 19.9. The molecule has 3 aromatic carbocycles. The normalized spacial score (nSPS) is 14.0. The van der Waals surface area contributed by atoms with Gasteiger partial charge in [-0.05, 0) is 54.5 Å². The first kappa shape index (κ1) is 24.3. The Balaban J connectivity index is 1.56. The highest BCUT2D eigenvalue weighted by Crippen LogP contribution is 2.32. The van der Waals surface area contributed by atoms with Gasteiger partial charge in [0.15, 0.2) is 17.2 Å².